The van der Waals surface area contributed by atoms with Gasteiger partial charge >= 0.3 is 5.97 Å². The number of thioether (sulfide) groups is 1. The van der Waals surface area contributed by atoms with Crippen molar-refractivity contribution in [2.24, 2.45) is 0 Å². The molecular formula is C16H22N3O3S2+. The zero-order chi connectivity index (χ0) is 17.5. The van der Waals surface area contributed by atoms with Crippen LogP contribution in [0, 0.1) is 0 Å². The van der Waals surface area contributed by atoms with E-state index in [2.05, 4.69) is 17.3 Å². The van der Waals surface area contributed by atoms with Gasteiger partial charge in [-0.2, -0.15) is 0 Å². The van der Waals surface area contributed by atoms with Gasteiger partial charge in [0.05, 0.1) is 57.3 Å². The monoisotopic (exact) mass is 368 g/mol. The summed E-state index contributed by atoms with van der Waals surface area (Å²) in [6, 6.07) is 6.77. The molecule has 1 aliphatic heterocycles. The number of hydrogen-bond acceptors (Lipinski definition) is 5. The summed E-state index contributed by atoms with van der Waals surface area (Å²) in [6.07, 6.45) is 0. The second kappa shape index (κ2) is 9.00. The molecule has 0 radical (unpaired) electrons. The summed E-state index contributed by atoms with van der Waals surface area (Å²) in [7, 11) is 3.48. The molecule has 0 atom stereocenters. The van der Waals surface area contributed by atoms with Crippen molar-refractivity contribution in [3.8, 4) is 0 Å². The number of ether oxygens (including phenoxy) is 1. The Morgan fingerprint density at radius 3 is 2.67 bits per heavy atom. The van der Waals surface area contributed by atoms with Crippen molar-refractivity contribution in [2.45, 2.75) is 0 Å². The molecule has 0 aliphatic carbocycles. The predicted octanol–water partition coefficient (Wildman–Crippen LogP) is 0.260. The molecular weight excluding hydrogens is 346 g/mol. The molecule has 0 saturated carbocycles. The molecule has 8 heteroatoms. The van der Waals surface area contributed by atoms with E-state index in [1.807, 2.05) is 0 Å². The van der Waals surface area contributed by atoms with Crippen molar-refractivity contribution in [1.82, 2.24) is 4.90 Å². The molecule has 0 spiro atoms. The van der Waals surface area contributed by atoms with Crippen LogP contribution in [0.4, 0.5) is 5.69 Å². The SMILES string of the molecule is COC(=O)c1ccccc1NC(=O)CSC(=S)N1CC[NH+](C)CC1. The number of piperazine rings is 1. The number of carbonyl (C=O) groups is 2. The van der Waals surface area contributed by atoms with Crippen LogP contribution < -0.4 is 10.2 Å². The van der Waals surface area contributed by atoms with Gasteiger partial charge in [0.25, 0.3) is 0 Å². The third-order valence-electron chi connectivity index (χ3n) is 3.81. The highest BCUT2D eigenvalue weighted by Gasteiger charge is 2.20. The molecule has 130 valence electrons. The van der Waals surface area contributed by atoms with E-state index in [1.54, 1.807) is 24.3 Å². The van der Waals surface area contributed by atoms with Crippen LogP contribution in [-0.4, -0.2) is 67.2 Å². The van der Waals surface area contributed by atoms with Crippen LogP contribution in [0.5, 0.6) is 0 Å². The van der Waals surface area contributed by atoms with Gasteiger partial charge in [0.2, 0.25) is 5.91 Å². The van der Waals surface area contributed by atoms with E-state index in [-0.39, 0.29) is 11.7 Å². The number of nitrogens with zero attached hydrogens (tertiary/aromatic N) is 1. The highest BCUT2D eigenvalue weighted by atomic mass is 32.2. The van der Waals surface area contributed by atoms with E-state index >= 15 is 0 Å². The topological polar surface area (TPSA) is 63.1 Å². The minimum absolute atomic E-state index is 0.196. The van der Waals surface area contributed by atoms with Crippen molar-refractivity contribution in [1.29, 1.82) is 0 Å². The maximum absolute atomic E-state index is 12.1. The van der Waals surface area contributed by atoms with Gasteiger partial charge < -0.3 is 19.9 Å². The third kappa shape index (κ3) is 5.19. The van der Waals surface area contributed by atoms with Gasteiger partial charge in [-0.3, -0.25) is 4.79 Å². The van der Waals surface area contributed by atoms with E-state index in [0.717, 1.165) is 30.5 Å². The first-order valence-electron chi connectivity index (χ1n) is 7.71. The Bertz CT molecular complexity index is 616. The van der Waals surface area contributed by atoms with Crippen LogP contribution in [0.25, 0.3) is 0 Å². The molecule has 1 fully saturated rings. The van der Waals surface area contributed by atoms with Gasteiger partial charge in [-0.25, -0.2) is 4.79 Å². The van der Waals surface area contributed by atoms with Crippen LogP contribution in [-0.2, 0) is 9.53 Å². The maximum Gasteiger partial charge on any atom is 0.339 e. The Morgan fingerprint density at radius 2 is 2.00 bits per heavy atom. The highest BCUT2D eigenvalue weighted by Crippen LogP contribution is 2.17. The zero-order valence-corrected chi connectivity index (χ0v) is 15.5. The lowest BCUT2D eigenvalue weighted by atomic mass is 10.2. The Hall–Kier alpha value is -1.64. The molecule has 0 aromatic heterocycles. The fourth-order valence-corrected chi connectivity index (χ4v) is 3.41. The summed E-state index contributed by atoms with van der Waals surface area (Å²) in [5.74, 6) is -0.458. The fourth-order valence-electron chi connectivity index (χ4n) is 2.36. The summed E-state index contributed by atoms with van der Waals surface area (Å²) >= 11 is 6.76. The first-order valence-corrected chi connectivity index (χ1v) is 9.11. The van der Waals surface area contributed by atoms with Crippen LogP contribution >= 0.6 is 24.0 Å². The summed E-state index contributed by atoms with van der Waals surface area (Å²) in [5.41, 5.74) is 0.784. The minimum atomic E-state index is -0.478. The largest absolute Gasteiger partial charge is 0.465 e. The molecule has 2 rings (SSSR count). The molecule has 1 aliphatic rings. The molecule has 24 heavy (non-hydrogen) atoms. The summed E-state index contributed by atoms with van der Waals surface area (Å²) in [6.45, 7) is 3.95. The Kier molecular flexibility index (Phi) is 7.01. The standard InChI is InChI=1S/C16H21N3O3S2/c1-18-7-9-19(10-8-18)16(23)24-11-14(20)17-13-6-4-3-5-12(13)15(21)22-2/h3-6H,7-11H2,1-2H3,(H,17,20)/p+1. The number of anilines is 1. The van der Waals surface area contributed by atoms with E-state index in [0.29, 0.717) is 11.3 Å². The van der Waals surface area contributed by atoms with Gasteiger partial charge in [-0.05, 0) is 12.1 Å². The van der Waals surface area contributed by atoms with E-state index in [9.17, 15) is 9.59 Å². The number of para-hydroxylation sites is 1. The molecule has 1 heterocycles. The van der Waals surface area contributed by atoms with E-state index in [4.69, 9.17) is 17.0 Å². The predicted molar refractivity (Wildman–Crippen MR) is 99.7 cm³/mol. The van der Waals surface area contributed by atoms with Crippen molar-refractivity contribution >= 4 is 45.9 Å². The zero-order valence-electron chi connectivity index (χ0n) is 13.8. The smallest absolute Gasteiger partial charge is 0.339 e. The first-order chi connectivity index (χ1) is 11.5. The summed E-state index contributed by atoms with van der Waals surface area (Å²) in [5, 5.41) is 2.75. The molecule has 1 saturated heterocycles. The Labute approximate surface area is 151 Å². The average Bonchev–Trinajstić information content (AvgIpc) is 2.60. The molecule has 0 bridgehead atoms. The van der Waals surface area contributed by atoms with Crippen molar-refractivity contribution in [3.05, 3.63) is 29.8 Å². The lowest BCUT2D eigenvalue weighted by Gasteiger charge is -2.31. The Balaban J connectivity index is 1.85. The number of esters is 1. The van der Waals surface area contributed by atoms with Crippen LogP contribution in [0.2, 0.25) is 0 Å². The van der Waals surface area contributed by atoms with Crippen LogP contribution in [0.1, 0.15) is 10.4 Å². The second-order valence-corrected chi connectivity index (χ2v) is 7.19. The Morgan fingerprint density at radius 1 is 1.33 bits per heavy atom. The third-order valence-corrected chi connectivity index (χ3v) is 5.33. The minimum Gasteiger partial charge on any atom is -0.465 e. The molecule has 1 amide bonds. The lowest BCUT2D eigenvalue weighted by molar-refractivity contribution is -0.883. The van der Waals surface area contributed by atoms with Gasteiger partial charge in [0.1, 0.15) is 4.32 Å². The normalized spacial score (nSPS) is 15.0. The van der Waals surface area contributed by atoms with Gasteiger partial charge in [-0.15, -0.1) is 0 Å². The van der Waals surface area contributed by atoms with E-state index in [1.165, 1.54) is 23.8 Å². The number of carbonyl (C=O) groups excluding carboxylic acids is 2. The number of nitrogens with one attached hydrogen (secondary N) is 2. The summed E-state index contributed by atoms with van der Waals surface area (Å²) in [4.78, 5) is 27.5. The first kappa shape index (κ1) is 18.7. The fraction of sp³-hybridized carbons (Fsp3) is 0.438. The number of methoxy groups -OCH3 is 1. The van der Waals surface area contributed by atoms with Gasteiger partial charge in [0, 0.05) is 0 Å². The number of benzene rings is 1. The van der Waals surface area contributed by atoms with Crippen molar-refractivity contribution in [3.63, 3.8) is 0 Å². The molecule has 1 aromatic carbocycles. The number of thiocarbonyl (C=S) groups is 1. The quantitative estimate of drug-likeness (QED) is 0.587. The van der Waals surface area contributed by atoms with Gasteiger partial charge in [-0.1, -0.05) is 36.1 Å². The van der Waals surface area contributed by atoms with E-state index < -0.39 is 5.97 Å². The van der Waals surface area contributed by atoms with Crippen LogP contribution in [0.15, 0.2) is 24.3 Å². The number of amides is 1. The molecule has 0 unspecified atom stereocenters. The van der Waals surface area contributed by atoms with Crippen molar-refractivity contribution in [2.75, 3.05) is 51.4 Å². The highest BCUT2D eigenvalue weighted by molar-refractivity contribution is 8.23. The van der Waals surface area contributed by atoms with Crippen LogP contribution in [0.3, 0.4) is 0 Å². The molecule has 1 aromatic rings. The van der Waals surface area contributed by atoms with Gasteiger partial charge in [0.15, 0.2) is 0 Å². The average molecular weight is 369 g/mol. The second-order valence-electron chi connectivity index (χ2n) is 5.58. The molecule has 2 N–H and O–H groups in total. The lowest BCUT2D eigenvalue weighted by Crippen LogP contribution is -3.12. The maximum atomic E-state index is 12.1. The number of rotatable bonds is 4. The number of hydrogen-bond donors (Lipinski definition) is 2. The number of likely N-dealkylation sites (N-methyl/N-ethyl adjacent to an activating group) is 1. The van der Waals surface area contributed by atoms with Crippen molar-refractivity contribution < 1.29 is 19.2 Å². The number of quaternary nitrogens is 1. The molecule has 6 nitrogen and oxygen atoms in total. The summed E-state index contributed by atoms with van der Waals surface area (Å²) < 4.78 is 5.47.